The summed E-state index contributed by atoms with van der Waals surface area (Å²) in [6.45, 7) is 0.965. The van der Waals surface area contributed by atoms with E-state index in [-0.39, 0.29) is 17.7 Å². The summed E-state index contributed by atoms with van der Waals surface area (Å²) in [5.74, 6) is 0.390. The van der Waals surface area contributed by atoms with Crippen LogP contribution in [0.2, 0.25) is 0 Å². The Bertz CT molecular complexity index is 486. The first kappa shape index (κ1) is 12.1. The van der Waals surface area contributed by atoms with Gasteiger partial charge in [0, 0.05) is 31.6 Å². The van der Waals surface area contributed by atoms with E-state index in [4.69, 9.17) is 5.11 Å². The smallest absolute Gasteiger partial charge is 0.267 e. The van der Waals surface area contributed by atoms with Gasteiger partial charge in [0.25, 0.3) is 11.5 Å². The molecule has 0 atom stereocenters. The lowest BCUT2D eigenvalue weighted by atomic mass is 10.3. The van der Waals surface area contributed by atoms with Crippen LogP contribution in [0.15, 0.2) is 16.1 Å². The van der Waals surface area contributed by atoms with Crippen LogP contribution in [0, 0.1) is 0 Å². The van der Waals surface area contributed by atoms with Crippen LogP contribution in [-0.2, 0) is 6.54 Å². The van der Waals surface area contributed by atoms with Gasteiger partial charge in [0.15, 0.2) is 5.16 Å². The van der Waals surface area contributed by atoms with Crippen LogP contribution in [0.1, 0.15) is 16.8 Å². The van der Waals surface area contributed by atoms with Gasteiger partial charge in [-0.05, 0) is 6.42 Å². The summed E-state index contributed by atoms with van der Waals surface area (Å²) in [6, 6.07) is 0. The van der Waals surface area contributed by atoms with Gasteiger partial charge in [-0.1, -0.05) is 11.8 Å². The van der Waals surface area contributed by atoms with E-state index in [1.807, 2.05) is 0 Å². The molecule has 2 N–H and O–H groups in total. The third-order valence-electron chi connectivity index (χ3n) is 2.42. The zero-order chi connectivity index (χ0) is 12.3. The molecule has 0 aliphatic carbocycles. The van der Waals surface area contributed by atoms with Gasteiger partial charge in [0.1, 0.15) is 5.56 Å². The van der Waals surface area contributed by atoms with Gasteiger partial charge in [-0.2, -0.15) is 0 Å². The van der Waals surface area contributed by atoms with E-state index < -0.39 is 5.91 Å². The summed E-state index contributed by atoms with van der Waals surface area (Å²) in [6.07, 6.45) is 1.79. The highest BCUT2D eigenvalue weighted by Crippen LogP contribution is 2.20. The molecular weight excluding hydrogens is 242 g/mol. The third-order valence-corrected chi connectivity index (χ3v) is 3.39. The molecule has 0 unspecified atom stereocenters. The Morgan fingerprint density at radius 2 is 2.47 bits per heavy atom. The molecule has 0 radical (unpaired) electrons. The quantitative estimate of drug-likeness (QED) is 0.557. The molecule has 6 nitrogen and oxygen atoms in total. The minimum Gasteiger partial charge on any atom is -0.396 e. The number of aromatic nitrogens is 2. The van der Waals surface area contributed by atoms with Crippen molar-refractivity contribution in [2.75, 3.05) is 18.9 Å². The van der Waals surface area contributed by atoms with Crippen molar-refractivity contribution in [1.82, 2.24) is 14.9 Å². The monoisotopic (exact) mass is 255 g/mol. The van der Waals surface area contributed by atoms with E-state index in [0.717, 1.165) is 5.75 Å². The van der Waals surface area contributed by atoms with Crippen molar-refractivity contribution in [3.8, 4) is 0 Å². The molecule has 2 rings (SSSR count). The maximum Gasteiger partial charge on any atom is 0.267 e. The van der Waals surface area contributed by atoms with E-state index in [0.29, 0.717) is 24.7 Å². The van der Waals surface area contributed by atoms with E-state index >= 15 is 0 Å². The standard InChI is InChI=1S/C10H13N3O3S/c14-4-1-2-11-8(15)7-6-12-10-13(9(7)16)3-5-17-10/h6,14H,1-5H2,(H,11,15). The fourth-order valence-corrected chi connectivity index (χ4v) is 2.46. The van der Waals surface area contributed by atoms with Crippen molar-refractivity contribution < 1.29 is 9.90 Å². The first-order chi connectivity index (χ1) is 8.24. The van der Waals surface area contributed by atoms with Gasteiger partial charge >= 0.3 is 0 Å². The maximum atomic E-state index is 11.9. The van der Waals surface area contributed by atoms with Gasteiger partial charge in [-0.3, -0.25) is 14.2 Å². The first-order valence-electron chi connectivity index (χ1n) is 5.35. The molecule has 0 aromatic carbocycles. The molecule has 2 heterocycles. The van der Waals surface area contributed by atoms with Crippen LogP contribution in [0.3, 0.4) is 0 Å². The van der Waals surface area contributed by atoms with Crippen LogP contribution in [0.5, 0.6) is 0 Å². The summed E-state index contributed by atoms with van der Waals surface area (Å²) in [5, 5.41) is 11.8. The van der Waals surface area contributed by atoms with Gasteiger partial charge in [0.2, 0.25) is 0 Å². The summed E-state index contributed by atoms with van der Waals surface area (Å²) in [7, 11) is 0. The lowest BCUT2D eigenvalue weighted by Crippen LogP contribution is -2.34. The number of nitrogens with zero attached hydrogens (tertiary/aromatic N) is 2. The van der Waals surface area contributed by atoms with Crippen molar-refractivity contribution in [2.24, 2.45) is 0 Å². The molecule has 0 spiro atoms. The second-order valence-corrected chi connectivity index (χ2v) is 4.65. The van der Waals surface area contributed by atoms with Gasteiger partial charge < -0.3 is 10.4 Å². The van der Waals surface area contributed by atoms with E-state index in [1.165, 1.54) is 22.5 Å². The number of aliphatic hydroxyl groups is 1. The summed E-state index contributed by atoms with van der Waals surface area (Å²) in [4.78, 5) is 27.7. The molecule has 1 amide bonds. The van der Waals surface area contributed by atoms with Crippen molar-refractivity contribution in [3.63, 3.8) is 0 Å². The molecule has 92 valence electrons. The average molecular weight is 255 g/mol. The van der Waals surface area contributed by atoms with Crippen molar-refractivity contribution >= 4 is 17.7 Å². The largest absolute Gasteiger partial charge is 0.396 e. The highest BCUT2D eigenvalue weighted by molar-refractivity contribution is 7.99. The second kappa shape index (κ2) is 5.33. The third kappa shape index (κ3) is 2.50. The van der Waals surface area contributed by atoms with Gasteiger partial charge in [0.05, 0.1) is 0 Å². The number of hydrogen-bond acceptors (Lipinski definition) is 5. The SMILES string of the molecule is O=C(NCCCO)c1cnc2n(c1=O)CCS2. The average Bonchev–Trinajstić information content (AvgIpc) is 2.78. The number of nitrogens with one attached hydrogen (secondary N) is 1. The number of fused-ring (bicyclic) bond motifs is 1. The minimum atomic E-state index is -0.428. The minimum absolute atomic E-state index is 0.0122. The molecule has 17 heavy (non-hydrogen) atoms. The number of hydrogen-bond donors (Lipinski definition) is 2. The predicted molar refractivity (Wildman–Crippen MR) is 63.3 cm³/mol. The normalized spacial score (nSPS) is 13.5. The molecule has 0 bridgehead atoms. The Kier molecular flexibility index (Phi) is 3.80. The van der Waals surface area contributed by atoms with Crippen LogP contribution in [0.25, 0.3) is 0 Å². The summed E-state index contributed by atoms with van der Waals surface area (Å²) < 4.78 is 1.52. The van der Waals surface area contributed by atoms with E-state index in [2.05, 4.69) is 10.3 Å². The van der Waals surface area contributed by atoms with Crippen molar-refractivity contribution in [2.45, 2.75) is 18.1 Å². The summed E-state index contributed by atoms with van der Waals surface area (Å²) >= 11 is 1.51. The van der Waals surface area contributed by atoms with E-state index in [9.17, 15) is 9.59 Å². The Balaban J connectivity index is 2.16. The zero-order valence-corrected chi connectivity index (χ0v) is 10.00. The molecule has 1 aromatic heterocycles. The number of amides is 1. The first-order valence-corrected chi connectivity index (χ1v) is 6.34. The molecule has 1 aliphatic heterocycles. The number of carbonyl (C=O) groups is 1. The predicted octanol–water partition coefficient (Wildman–Crippen LogP) is -0.539. The number of rotatable bonds is 4. The van der Waals surface area contributed by atoms with Crippen LogP contribution in [-0.4, -0.2) is 39.5 Å². The van der Waals surface area contributed by atoms with Crippen LogP contribution >= 0.6 is 11.8 Å². The Hall–Kier alpha value is -1.34. The molecule has 1 aliphatic rings. The lowest BCUT2D eigenvalue weighted by Gasteiger charge is -2.05. The molecule has 7 heteroatoms. The Morgan fingerprint density at radius 1 is 1.65 bits per heavy atom. The molecule has 0 saturated heterocycles. The second-order valence-electron chi connectivity index (χ2n) is 3.59. The molecule has 0 fully saturated rings. The van der Waals surface area contributed by atoms with Crippen LogP contribution < -0.4 is 10.9 Å². The number of thioether (sulfide) groups is 1. The fourth-order valence-electron chi connectivity index (χ4n) is 1.55. The summed E-state index contributed by atoms with van der Waals surface area (Å²) in [5.41, 5.74) is -0.226. The molecular formula is C10H13N3O3S. The van der Waals surface area contributed by atoms with Crippen LogP contribution in [0.4, 0.5) is 0 Å². The zero-order valence-electron chi connectivity index (χ0n) is 9.18. The van der Waals surface area contributed by atoms with Crippen molar-refractivity contribution in [1.29, 1.82) is 0 Å². The van der Waals surface area contributed by atoms with Gasteiger partial charge in [-0.25, -0.2) is 4.98 Å². The number of aliphatic hydroxyl groups excluding tert-OH is 1. The van der Waals surface area contributed by atoms with E-state index in [1.54, 1.807) is 0 Å². The fraction of sp³-hybridized carbons (Fsp3) is 0.500. The number of carbonyl (C=O) groups excluding carboxylic acids is 1. The highest BCUT2D eigenvalue weighted by Gasteiger charge is 2.19. The lowest BCUT2D eigenvalue weighted by molar-refractivity contribution is 0.0948. The Labute approximate surface area is 102 Å². The van der Waals surface area contributed by atoms with Crippen molar-refractivity contribution in [3.05, 3.63) is 22.1 Å². The topological polar surface area (TPSA) is 84.2 Å². The molecule has 0 saturated carbocycles. The van der Waals surface area contributed by atoms with Gasteiger partial charge in [-0.15, -0.1) is 0 Å². The Morgan fingerprint density at radius 3 is 3.24 bits per heavy atom. The highest BCUT2D eigenvalue weighted by atomic mass is 32.2. The maximum absolute atomic E-state index is 11.9. The molecule has 1 aromatic rings.